The third-order valence-electron chi connectivity index (χ3n) is 2.38. The van der Waals surface area contributed by atoms with Gasteiger partial charge in [0.1, 0.15) is 0 Å². The first-order valence-electron chi connectivity index (χ1n) is 5.26. The summed E-state index contributed by atoms with van der Waals surface area (Å²) in [5.41, 5.74) is 1.07. The number of carbonyl (C=O) groups is 1. The van der Waals surface area contributed by atoms with Crippen LogP contribution in [-0.4, -0.2) is 24.8 Å². The lowest BCUT2D eigenvalue weighted by atomic mass is 9.99. The van der Waals surface area contributed by atoms with Gasteiger partial charge in [0, 0.05) is 6.54 Å². The van der Waals surface area contributed by atoms with E-state index in [-0.39, 0.29) is 17.1 Å². The quantitative estimate of drug-likeness (QED) is 0.322. The van der Waals surface area contributed by atoms with E-state index in [0.29, 0.717) is 13.0 Å². The number of carbonyl (C=O) groups excluding carboxylic acids is 1. The van der Waals surface area contributed by atoms with Crippen molar-refractivity contribution < 1.29 is 9.53 Å². The van der Waals surface area contributed by atoms with Gasteiger partial charge < -0.3 is 10.1 Å². The monoisotopic (exact) mass is 252 g/mol. The second-order valence-corrected chi connectivity index (χ2v) is 4.09. The molecular weight excluding hydrogens is 236 g/mol. The van der Waals surface area contributed by atoms with Crippen molar-refractivity contribution >= 4 is 23.8 Å². The summed E-state index contributed by atoms with van der Waals surface area (Å²) in [5.74, 6) is -0.592. The fourth-order valence-electron chi connectivity index (χ4n) is 1.52. The van der Waals surface area contributed by atoms with E-state index in [0.717, 1.165) is 5.56 Å². The predicted octanol–water partition coefficient (Wildman–Crippen LogP) is 1.47. The molecule has 1 atom stereocenters. The van der Waals surface area contributed by atoms with Crippen LogP contribution in [0.15, 0.2) is 30.3 Å². The van der Waals surface area contributed by atoms with Crippen molar-refractivity contribution in [3.8, 4) is 0 Å². The van der Waals surface area contributed by atoms with Crippen LogP contribution in [0.1, 0.15) is 5.56 Å². The van der Waals surface area contributed by atoms with Crippen LogP contribution in [-0.2, 0) is 16.0 Å². The molecule has 2 N–H and O–H groups in total. The van der Waals surface area contributed by atoms with Gasteiger partial charge in [0.25, 0.3) is 0 Å². The van der Waals surface area contributed by atoms with Crippen molar-refractivity contribution in [1.82, 2.24) is 5.32 Å². The lowest BCUT2D eigenvalue weighted by Crippen LogP contribution is -2.32. The van der Waals surface area contributed by atoms with Gasteiger partial charge in [-0.3, -0.25) is 10.2 Å². The molecule has 92 valence electrons. The number of hydrogen-bond acceptors (Lipinski definition) is 3. The fraction of sp³-hybridized carbons (Fsp3) is 0.333. The first-order chi connectivity index (χ1) is 8.13. The minimum absolute atomic E-state index is 0.0481. The van der Waals surface area contributed by atoms with Gasteiger partial charge in [-0.05, 0) is 12.0 Å². The molecule has 5 heteroatoms. The van der Waals surface area contributed by atoms with Crippen LogP contribution in [0.3, 0.4) is 0 Å². The summed E-state index contributed by atoms with van der Waals surface area (Å²) in [6.07, 6.45) is 0.585. The van der Waals surface area contributed by atoms with Gasteiger partial charge in [-0.25, -0.2) is 0 Å². The third-order valence-corrected chi connectivity index (χ3v) is 2.53. The molecule has 0 aliphatic heterocycles. The summed E-state index contributed by atoms with van der Waals surface area (Å²) in [4.78, 5) is 11.6. The van der Waals surface area contributed by atoms with E-state index < -0.39 is 0 Å². The zero-order valence-corrected chi connectivity index (χ0v) is 10.5. The average Bonchev–Trinajstić information content (AvgIpc) is 2.34. The minimum atomic E-state index is -0.310. The Kier molecular flexibility index (Phi) is 5.56. The Balaban J connectivity index is 2.63. The highest BCUT2D eigenvalue weighted by molar-refractivity contribution is 7.96. The predicted molar refractivity (Wildman–Crippen MR) is 70.4 cm³/mol. The molecule has 0 aliphatic carbocycles. The first kappa shape index (κ1) is 13.6. The second-order valence-electron chi connectivity index (χ2n) is 3.64. The van der Waals surface area contributed by atoms with E-state index in [9.17, 15) is 4.79 Å². The number of hydrogen-bond donors (Lipinski definition) is 3. The topological polar surface area (TPSA) is 62.2 Å². The van der Waals surface area contributed by atoms with E-state index in [4.69, 9.17) is 10.1 Å². The molecule has 0 amide bonds. The molecular formula is C12H16N2O2S. The largest absolute Gasteiger partial charge is 0.469 e. The Morgan fingerprint density at radius 2 is 2.12 bits per heavy atom. The van der Waals surface area contributed by atoms with E-state index in [1.165, 1.54) is 7.11 Å². The zero-order valence-electron chi connectivity index (χ0n) is 9.64. The molecule has 0 aliphatic rings. The van der Waals surface area contributed by atoms with Crippen molar-refractivity contribution in [3.63, 3.8) is 0 Å². The highest BCUT2D eigenvalue weighted by atomic mass is 32.1. The number of ether oxygens (including phenoxy) is 1. The summed E-state index contributed by atoms with van der Waals surface area (Å²) < 4.78 is 4.74. The van der Waals surface area contributed by atoms with Crippen LogP contribution in [0.5, 0.6) is 0 Å². The maximum atomic E-state index is 11.6. The van der Waals surface area contributed by atoms with Crippen LogP contribution >= 0.6 is 12.6 Å². The maximum absolute atomic E-state index is 11.6. The van der Waals surface area contributed by atoms with E-state index in [1.807, 2.05) is 30.3 Å². The first-order valence-corrected chi connectivity index (χ1v) is 5.71. The third kappa shape index (κ3) is 4.91. The summed E-state index contributed by atoms with van der Waals surface area (Å²) in [5, 5.41) is 9.94. The van der Waals surface area contributed by atoms with Crippen molar-refractivity contribution in [2.75, 3.05) is 13.7 Å². The maximum Gasteiger partial charge on any atom is 0.310 e. The number of thiol groups is 1. The number of rotatable bonds is 5. The molecule has 0 spiro atoms. The Morgan fingerprint density at radius 1 is 1.47 bits per heavy atom. The average molecular weight is 252 g/mol. The highest BCUT2D eigenvalue weighted by Gasteiger charge is 2.19. The highest BCUT2D eigenvalue weighted by Crippen LogP contribution is 2.09. The number of benzene rings is 1. The van der Waals surface area contributed by atoms with Gasteiger partial charge >= 0.3 is 5.97 Å². The minimum Gasteiger partial charge on any atom is -0.469 e. The summed E-state index contributed by atoms with van der Waals surface area (Å²) in [7, 11) is 1.37. The van der Waals surface area contributed by atoms with Gasteiger partial charge in [0.2, 0.25) is 0 Å². The molecule has 17 heavy (non-hydrogen) atoms. The molecule has 4 nitrogen and oxygen atoms in total. The SMILES string of the molecule is COC(=O)C(CNC(=N)S)Cc1ccccc1. The molecule has 1 aromatic carbocycles. The van der Waals surface area contributed by atoms with E-state index in [2.05, 4.69) is 17.9 Å². The van der Waals surface area contributed by atoms with Crippen molar-refractivity contribution in [2.24, 2.45) is 5.92 Å². The Labute approximate surface area is 106 Å². The number of amidine groups is 1. The Hall–Kier alpha value is -1.49. The fourth-order valence-corrected chi connectivity index (χ4v) is 1.62. The number of esters is 1. The summed E-state index contributed by atoms with van der Waals surface area (Å²) >= 11 is 3.82. The molecule has 1 unspecified atom stereocenters. The number of nitrogens with one attached hydrogen (secondary N) is 2. The van der Waals surface area contributed by atoms with Crippen LogP contribution in [0.2, 0.25) is 0 Å². The van der Waals surface area contributed by atoms with Crippen LogP contribution in [0, 0.1) is 11.3 Å². The summed E-state index contributed by atoms with van der Waals surface area (Å²) in [6, 6.07) is 9.71. The van der Waals surface area contributed by atoms with Gasteiger partial charge in [-0.1, -0.05) is 30.3 Å². The van der Waals surface area contributed by atoms with E-state index in [1.54, 1.807) is 0 Å². The van der Waals surface area contributed by atoms with Crippen LogP contribution < -0.4 is 5.32 Å². The summed E-state index contributed by atoms with van der Waals surface area (Å²) in [6.45, 7) is 0.351. The molecule has 0 radical (unpaired) electrons. The number of methoxy groups -OCH3 is 1. The molecule has 1 rings (SSSR count). The van der Waals surface area contributed by atoms with Crippen molar-refractivity contribution in [3.05, 3.63) is 35.9 Å². The van der Waals surface area contributed by atoms with Crippen molar-refractivity contribution in [2.45, 2.75) is 6.42 Å². The zero-order chi connectivity index (χ0) is 12.7. The van der Waals surface area contributed by atoms with E-state index >= 15 is 0 Å². The molecule has 1 aromatic rings. The lowest BCUT2D eigenvalue weighted by molar-refractivity contribution is -0.145. The molecule has 0 saturated heterocycles. The molecule has 0 heterocycles. The standard InChI is InChI=1S/C12H16N2O2S/c1-16-11(15)10(8-14-12(13)17)7-9-5-3-2-4-6-9/h2-6,10H,7-8H2,1H3,(H3,13,14,17). The van der Waals surface area contributed by atoms with Gasteiger partial charge in [-0.15, -0.1) is 12.6 Å². The molecule has 0 aromatic heterocycles. The smallest absolute Gasteiger partial charge is 0.310 e. The van der Waals surface area contributed by atoms with Gasteiger partial charge in [0.15, 0.2) is 5.17 Å². The lowest BCUT2D eigenvalue weighted by Gasteiger charge is -2.15. The second kappa shape index (κ2) is 6.96. The van der Waals surface area contributed by atoms with Gasteiger partial charge in [0.05, 0.1) is 13.0 Å². The van der Waals surface area contributed by atoms with Gasteiger partial charge in [-0.2, -0.15) is 0 Å². The van der Waals surface area contributed by atoms with Crippen LogP contribution in [0.25, 0.3) is 0 Å². The van der Waals surface area contributed by atoms with Crippen LogP contribution in [0.4, 0.5) is 0 Å². The Bertz CT molecular complexity index is 381. The normalized spacial score (nSPS) is 11.6. The molecule has 0 bridgehead atoms. The van der Waals surface area contributed by atoms with Crippen molar-refractivity contribution in [1.29, 1.82) is 5.41 Å². The Morgan fingerprint density at radius 3 is 2.65 bits per heavy atom. The molecule has 0 saturated carbocycles. The molecule has 0 fully saturated rings.